The molecule has 0 radical (unpaired) electrons. The number of rotatable bonds is 15. The van der Waals surface area contributed by atoms with Crippen LogP contribution < -0.4 is 21.3 Å². The molecule has 9 heteroatoms. The van der Waals surface area contributed by atoms with E-state index in [0.717, 1.165) is 31.2 Å². The first-order valence-electron chi connectivity index (χ1n) is 14.6. The molecular weight excluding hydrogens is 496 g/mol. The molecule has 2 aliphatic carbocycles. The van der Waals surface area contributed by atoms with Crippen LogP contribution in [0.15, 0.2) is 30.3 Å². The molecule has 0 heterocycles. The van der Waals surface area contributed by atoms with Crippen molar-refractivity contribution in [1.82, 2.24) is 21.3 Å². The first-order chi connectivity index (χ1) is 18.9. The summed E-state index contributed by atoms with van der Waals surface area (Å²) < 4.78 is 0. The molecule has 2 atom stereocenters. The predicted molar refractivity (Wildman–Crippen MR) is 153 cm³/mol. The van der Waals surface area contributed by atoms with Gasteiger partial charge in [0.1, 0.15) is 6.04 Å². The van der Waals surface area contributed by atoms with Crippen LogP contribution >= 0.6 is 0 Å². The molecule has 2 fully saturated rings. The summed E-state index contributed by atoms with van der Waals surface area (Å²) in [6.45, 7) is 10.2. The molecule has 1 aromatic rings. The Balaban J connectivity index is 0.00000181. The summed E-state index contributed by atoms with van der Waals surface area (Å²) in [7, 11) is 0. The maximum absolute atomic E-state index is 13.1. The Morgan fingerprint density at radius 2 is 1.46 bits per heavy atom. The van der Waals surface area contributed by atoms with Crippen LogP contribution in [0, 0.1) is 5.92 Å². The van der Waals surface area contributed by atoms with Crippen LogP contribution in [0.5, 0.6) is 0 Å². The number of benzene rings is 1. The lowest BCUT2D eigenvalue weighted by molar-refractivity contribution is -0.141. The lowest BCUT2D eigenvalue weighted by Gasteiger charge is -2.23. The Labute approximate surface area is 233 Å². The third-order valence-corrected chi connectivity index (χ3v) is 6.20. The van der Waals surface area contributed by atoms with E-state index in [0.29, 0.717) is 25.3 Å². The van der Waals surface area contributed by atoms with Crippen molar-refractivity contribution >= 4 is 29.4 Å². The molecular formula is C30H48N4O5. The molecule has 1 aromatic carbocycles. The first kappa shape index (κ1) is 33.8. The van der Waals surface area contributed by atoms with E-state index >= 15 is 0 Å². The van der Waals surface area contributed by atoms with E-state index in [1.165, 1.54) is 0 Å². The number of carbonyl (C=O) groups excluding carboxylic acids is 5. The van der Waals surface area contributed by atoms with Gasteiger partial charge >= 0.3 is 0 Å². The molecule has 4 N–H and O–H groups in total. The van der Waals surface area contributed by atoms with Crippen LogP contribution in [0.25, 0.3) is 0 Å². The Morgan fingerprint density at radius 1 is 0.821 bits per heavy atom. The third-order valence-electron chi connectivity index (χ3n) is 6.20. The molecule has 218 valence electrons. The van der Waals surface area contributed by atoms with Gasteiger partial charge in [-0.3, -0.25) is 24.0 Å². The second kappa shape index (κ2) is 18.9. The van der Waals surface area contributed by atoms with Gasteiger partial charge in [-0.25, -0.2) is 0 Å². The van der Waals surface area contributed by atoms with Gasteiger partial charge in [0, 0.05) is 25.4 Å². The highest BCUT2D eigenvalue weighted by Crippen LogP contribution is 2.33. The molecule has 0 aliphatic heterocycles. The van der Waals surface area contributed by atoms with Gasteiger partial charge in [-0.2, -0.15) is 0 Å². The van der Waals surface area contributed by atoms with Crippen molar-refractivity contribution in [3.63, 3.8) is 0 Å². The number of aryl methyl sites for hydroxylation is 1. The minimum Gasteiger partial charge on any atom is -0.356 e. The van der Waals surface area contributed by atoms with Gasteiger partial charge in [-0.15, -0.1) is 0 Å². The van der Waals surface area contributed by atoms with Crippen molar-refractivity contribution in [3.8, 4) is 0 Å². The van der Waals surface area contributed by atoms with Gasteiger partial charge in [-0.05, 0) is 50.5 Å². The van der Waals surface area contributed by atoms with Crippen LogP contribution in [0.3, 0.4) is 0 Å². The highest BCUT2D eigenvalue weighted by Gasteiger charge is 2.35. The van der Waals surface area contributed by atoms with Crippen molar-refractivity contribution in [2.45, 2.75) is 111 Å². The molecule has 9 nitrogen and oxygen atoms in total. The molecule has 0 saturated heterocycles. The molecule has 2 aliphatic rings. The minimum absolute atomic E-state index is 0.00202. The molecule has 39 heavy (non-hydrogen) atoms. The average Bonchev–Trinajstić information content (AvgIpc) is 3.89. The zero-order valence-corrected chi connectivity index (χ0v) is 24.3. The van der Waals surface area contributed by atoms with Gasteiger partial charge in [0.15, 0.2) is 0 Å². The maximum atomic E-state index is 13.1. The van der Waals surface area contributed by atoms with Crippen LogP contribution in [0.1, 0.15) is 91.5 Å². The van der Waals surface area contributed by atoms with E-state index in [4.69, 9.17) is 0 Å². The lowest BCUT2D eigenvalue weighted by Crippen LogP contribution is -2.54. The fourth-order valence-electron chi connectivity index (χ4n) is 3.83. The van der Waals surface area contributed by atoms with Crippen LogP contribution in [0.2, 0.25) is 0 Å². The van der Waals surface area contributed by atoms with Crippen LogP contribution in [0.4, 0.5) is 0 Å². The number of hydrogen-bond acceptors (Lipinski definition) is 5. The van der Waals surface area contributed by atoms with Crippen LogP contribution in [-0.2, 0) is 30.4 Å². The maximum Gasteiger partial charge on any atom is 0.289 e. The lowest BCUT2D eigenvalue weighted by atomic mass is 10.0. The Kier molecular flexibility index (Phi) is 16.4. The van der Waals surface area contributed by atoms with E-state index in [-0.39, 0.29) is 37.1 Å². The highest BCUT2D eigenvalue weighted by molar-refractivity contribution is 6.38. The summed E-state index contributed by atoms with van der Waals surface area (Å²) in [5.41, 5.74) is 1.03. The SMILES string of the molecule is CC.CC.CCNC(=O)CCC(NC(=O)[C@H](CC1CC1)NC(=O)CCc1ccccc1)C(=O)C(=O)NC1CC1. The van der Waals surface area contributed by atoms with Crippen molar-refractivity contribution in [1.29, 1.82) is 0 Å². The van der Waals surface area contributed by atoms with E-state index in [2.05, 4.69) is 21.3 Å². The molecule has 0 aromatic heterocycles. The Morgan fingerprint density at radius 3 is 2.03 bits per heavy atom. The normalized spacial score (nSPS) is 15.1. The minimum atomic E-state index is -1.13. The fourth-order valence-corrected chi connectivity index (χ4v) is 3.83. The molecule has 0 bridgehead atoms. The van der Waals surface area contributed by atoms with Gasteiger partial charge in [0.25, 0.3) is 5.91 Å². The number of amides is 4. The first-order valence-corrected chi connectivity index (χ1v) is 14.6. The number of carbonyl (C=O) groups is 5. The Bertz CT molecular complexity index is 913. The van der Waals surface area contributed by atoms with Gasteiger partial charge < -0.3 is 21.3 Å². The quantitative estimate of drug-likeness (QED) is 0.252. The Hall–Kier alpha value is -3.23. The van der Waals surface area contributed by atoms with Gasteiger partial charge in [0.05, 0.1) is 6.04 Å². The second-order valence-corrected chi connectivity index (χ2v) is 9.45. The molecule has 0 spiro atoms. The van der Waals surface area contributed by atoms with Gasteiger partial charge in [-0.1, -0.05) is 70.9 Å². The van der Waals surface area contributed by atoms with E-state index in [1.807, 2.05) is 58.0 Å². The van der Waals surface area contributed by atoms with Crippen molar-refractivity contribution in [3.05, 3.63) is 35.9 Å². The standard InChI is InChI=1S/C26H36N4O5.2C2H6/c1-2-27-22(31)15-13-20(24(33)26(35)28-19-11-12-19)30-25(34)21(16-18-8-9-18)29-23(32)14-10-17-6-4-3-5-7-17;2*1-2/h3-7,18-21H,2,8-16H2,1H3,(H,27,31)(H,28,35)(H,29,32)(H,30,34);2*1-2H3/t20?,21-;;/m0../s1. The zero-order valence-electron chi connectivity index (χ0n) is 24.3. The topological polar surface area (TPSA) is 133 Å². The largest absolute Gasteiger partial charge is 0.356 e. The van der Waals surface area contributed by atoms with Crippen molar-refractivity contribution in [2.75, 3.05) is 6.54 Å². The molecule has 3 rings (SSSR count). The molecule has 2 saturated carbocycles. The third kappa shape index (κ3) is 13.9. The van der Waals surface area contributed by atoms with Gasteiger partial charge in [0.2, 0.25) is 23.5 Å². The summed E-state index contributed by atoms with van der Waals surface area (Å²) in [5, 5.41) is 10.8. The average molecular weight is 545 g/mol. The number of Topliss-reactive ketones (excluding diaryl/α,β-unsaturated/α-hetero) is 1. The van der Waals surface area contributed by atoms with E-state index in [9.17, 15) is 24.0 Å². The van der Waals surface area contributed by atoms with Crippen molar-refractivity contribution < 1.29 is 24.0 Å². The van der Waals surface area contributed by atoms with E-state index < -0.39 is 29.7 Å². The second-order valence-electron chi connectivity index (χ2n) is 9.45. The zero-order chi connectivity index (χ0) is 29.2. The van der Waals surface area contributed by atoms with E-state index in [1.54, 1.807) is 6.92 Å². The summed E-state index contributed by atoms with van der Waals surface area (Å²) in [6, 6.07) is 7.69. The van der Waals surface area contributed by atoms with Crippen LogP contribution in [-0.4, -0.2) is 54.1 Å². The smallest absolute Gasteiger partial charge is 0.289 e. The monoisotopic (exact) mass is 544 g/mol. The number of hydrogen-bond donors (Lipinski definition) is 4. The predicted octanol–water partition coefficient (Wildman–Crippen LogP) is 3.21. The summed E-state index contributed by atoms with van der Waals surface area (Å²) in [4.78, 5) is 62.9. The molecule has 1 unspecified atom stereocenters. The molecule has 4 amide bonds. The summed E-state index contributed by atoms with van der Waals surface area (Å²) in [6.07, 6.45) is 4.92. The number of ketones is 1. The van der Waals surface area contributed by atoms with Crippen molar-refractivity contribution in [2.24, 2.45) is 5.92 Å². The summed E-state index contributed by atoms with van der Waals surface area (Å²) >= 11 is 0. The number of nitrogens with one attached hydrogen (secondary N) is 4. The summed E-state index contributed by atoms with van der Waals surface area (Å²) in [5.74, 6) is -2.17. The fraction of sp³-hybridized carbons (Fsp3) is 0.633. The highest BCUT2D eigenvalue weighted by atomic mass is 16.2.